The van der Waals surface area contributed by atoms with Crippen molar-refractivity contribution in [3.05, 3.63) is 35.1 Å². The van der Waals surface area contributed by atoms with Gasteiger partial charge in [0.15, 0.2) is 0 Å². The van der Waals surface area contributed by atoms with Crippen LogP contribution in [-0.4, -0.2) is 30.0 Å². The number of hydrogen-bond donors (Lipinski definition) is 1. The van der Waals surface area contributed by atoms with Gasteiger partial charge >= 0.3 is 5.97 Å². The van der Waals surface area contributed by atoms with Gasteiger partial charge in [-0.3, -0.25) is 0 Å². The Kier molecular flexibility index (Phi) is 5.44. The molecule has 0 aromatic heterocycles. The van der Waals surface area contributed by atoms with E-state index in [1.54, 1.807) is 0 Å². The summed E-state index contributed by atoms with van der Waals surface area (Å²) in [7, 11) is 1.29. The van der Waals surface area contributed by atoms with Gasteiger partial charge in [-0.25, -0.2) is 9.18 Å². The molecule has 0 aliphatic rings. The second-order valence-electron chi connectivity index (χ2n) is 3.60. The van der Waals surface area contributed by atoms with Crippen LogP contribution in [0.1, 0.15) is 22.8 Å². The van der Waals surface area contributed by atoms with Crippen molar-refractivity contribution in [1.29, 1.82) is 0 Å². The Morgan fingerprint density at radius 2 is 2.29 bits per heavy atom. The largest absolute Gasteiger partial charge is 0.465 e. The van der Waals surface area contributed by atoms with Gasteiger partial charge < -0.3 is 9.84 Å². The van der Waals surface area contributed by atoms with E-state index in [2.05, 4.69) is 4.74 Å². The SMILES string of the molecule is COC(=O)c1ccc(F)c(CSC(C)CO)c1. The van der Waals surface area contributed by atoms with Crippen molar-refractivity contribution in [3.63, 3.8) is 0 Å². The number of carbonyl (C=O) groups is 1. The number of rotatable bonds is 5. The summed E-state index contributed by atoms with van der Waals surface area (Å²) in [6.07, 6.45) is 0. The van der Waals surface area contributed by atoms with Crippen LogP contribution in [0.2, 0.25) is 0 Å². The van der Waals surface area contributed by atoms with E-state index in [-0.39, 0.29) is 17.7 Å². The third-order valence-corrected chi connectivity index (χ3v) is 3.44. The molecule has 0 aliphatic heterocycles. The molecule has 0 saturated heterocycles. The average molecular weight is 258 g/mol. The van der Waals surface area contributed by atoms with Gasteiger partial charge in [0.05, 0.1) is 19.3 Å². The number of aliphatic hydroxyl groups is 1. The Bertz CT molecular complexity index is 395. The number of ether oxygens (including phenoxy) is 1. The molecule has 1 N–H and O–H groups in total. The molecule has 17 heavy (non-hydrogen) atoms. The lowest BCUT2D eigenvalue weighted by Gasteiger charge is -2.09. The number of hydrogen-bond acceptors (Lipinski definition) is 4. The molecule has 0 fully saturated rings. The van der Waals surface area contributed by atoms with E-state index in [1.807, 2.05) is 6.92 Å². The Hall–Kier alpha value is -1.07. The van der Waals surface area contributed by atoms with E-state index < -0.39 is 5.97 Å². The number of halogens is 1. The van der Waals surface area contributed by atoms with Gasteiger partial charge in [0, 0.05) is 11.0 Å². The molecule has 1 aromatic rings. The predicted octanol–water partition coefficient (Wildman–Crippen LogP) is 2.23. The standard InChI is InChI=1S/C12H15FO3S/c1-8(6-14)17-7-10-5-9(12(15)16-2)3-4-11(10)13/h3-5,8,14H,6-7H2,1-2H3. The van der Waals surface area contributed by atoms with Gasteiger partial charge in [-0.15, -0.1) is 0 Å². The maximum atomic E-state index is 13.5. The number of thioether (sulfide) groups is 1. The molecular formula is C12H15FO3S. The predicted molar refractivity (Wildman–Crippen MR) is 65.6 cm³/mol. The molecule has 1 aromatic carbocycles. The number of aliphatic hydroxyl groups excluding tert-OH is 1. The second kappa shape index (κ2) is 6.61. The molecule has 94 valence electrons. The summed E-state index contributed by atoms with van der Waals surface area (Å²) in [5, 5.41) is 8.91. The Balaban J connectivity index is 2.80. The summed E-state index contributed by atoms with van der Waals surface area (Å²) in [6, 6.07) is 4.13. The van der Waals surface area contributed by atoms with Crippen molar-refractivity contribution in [1.82, 2.24) is 0 Å². The summed E-state index contributed by atoms with van der Waals surface area (Å²) >= 11 is 1.43. The van der Waals surface area contributed by atoms with E-state index in [0.29, 0.717) is 16.9 Å². The first kappa shape index (κ1) is 14.0. The minimum Gasteiger partial charge on any atom is -0.465 e. The molecule has 0 saturated carbocycles. The fourth-order valence-corrected chi connectivity index (χ4v) is 2.01. The molecule has 1 unspecified atom stereocenters. The fourth-order valence-electron chi connectivity index (χ4n) is 1.21. The van der Waals surface area contributed by atoms with E-state index in [1.165, 1.54) is 37.1 Å². The number of esters is 1. The minimum atomic E-state index is -0.480. The zero-order valence-electron chi connectivity index (χ0n) is 9.77. The molecule has 0 spiro atoms. The summed E-state index contributed by atoms with van der Waals surface area (Å²) in [4.78, 5) is 11.3. The van der Waals surface area contributed by atoms with E-state index in [4.69, 9.17) is 5.11 Å². The summed E-state index contributed by atoms with van der Waals surface area (Å²) < 4.78 is 18.0. The van der Waals surface area contributed by atoms with Crippen molar-refractivity contribution in [3.8, 4) is 0 Å². The fraction of sp³-hybridized carbons (Fsp3) is 0.417. The second-order valence-corrected chi connectivity index (χ2v) is 5.03. The first-order valence-electron chi connectivity index (χ1n) is 5.17. The zero-order valence-corrected chi connectivity index (χ0v) is 10.6. The monoisotopic (exact) mass is 258 g/mol. The molecule has 0 heterocycles. The first-order valence-corrected chi connectivity index (χ1v) is 6.22. The molecule has 3 nitrogen and oxygen atoms in total. The van der Waals surface area contributed by atoms with Crippen LogP contribution in [0.15, 0.2) is 18.2 Å². The van der Waals surface area contributed by atoms with E-state index >= 15 is 0 Å². The van der Waals surface area contributed by atoms with Crippen LogP contribution in [0.25, 0.3) is 0 Å². The zero-order chi connectivity index (χ0) is 12.8. The molecule has 0 aliphatic carbocycles. The topological polar surface area (TPSA) is 46.5 Å². The number of carbonyl (C=O) groups excluding carboxylic acids is 1. The van der Waals surface area contributed by atoms with Gasteiger partial charge in [-0.2, -0.15) is 11.8 Å². The molecule has 5 heteroatoms. The summed E-state index contributed by atoms with van der Waals surface area (Å²) in [5.41, 5.74) is 0.777. The van der Waals surface area contributed by atoms with Crippen LogP contribution in [0, 0.1) is 5.82 Å². The van der Waals surface area contributed by atoms with Crippen LogP contribution >= 0.6 is 11.8 Å². The summed E-state index contributed by atoms with van der Waals surface area (Å²) in [6.45, 7) is 1.90. The molecule has 1 rings (SSSR count). The highest BCUT2D eigenvalue weighted by atomic mass is 32.2. The smallest absolute Gasteiger partial charge is 0.337 e. The van der Waals surface area contributed by atoms with Crippen LogP contribution in [0.3, 0.4) is 0 Å². The highest BCUT2D eigenvalue weighted by molar-refractivity contribution is 7.99. The van der Waals surface area contributed by atoms with Crippen molar-refractivity contribution in [2.45, 2.75) is 17.9 Å². The van der Waals surface area contributed by atoms with Crippen molar-refractivity contribution in [2.75, 3.05) is 13.7 Å². The maximum absolute atomic E-state index is 13.5. The van der Waals surface area contributed by atoms with Crippen LogP contribution < -0.4 is 0 Å². The van der Waals surface area contributed by atoms with Crippen molar-refractivity contribution < 1.29 is 19.0 Å². The van der Waals surface area contributed by atoms with E-state index in [0.717, 1.165) is 0 Å². The molecular weight excluding hydrogens is 243 g/mol. The number of methoxy groups -OCH3 is 1. The summed E-state index contributed by atoms with van der Waals surface area (Å²) in [5.74, 6) is -0.417. The Labute approximate surface area is 104 Å². The number of benzene rings is 1. The van der Waals surface area contributed by atoms with Crippen LogP contribution in [0.5, 0.6) is 0 Å². The van der Waals surface area contributed by atoms with Crippen molar-refractivity contribution >= 4 is 17.7 Å². The molecule has 0 bridgehead atoms. The lowest BCUT2D eigenvalue weighted by Crippen LogP contribution is -2.05. The third kappa shape index (κ3) is 4.02. The Morgan fingerprint density at radius 1 is 1.59 bits per heavy atom. The molecule has 1 atom stereocenters. The van der Waals surface area contributed by atoms with E-state index in [9.17, 15) is 9.18 Å². The maximum Gasteiger partial charge on any atom is 0.337 e. The quantitative estimate of drug-likeness (QED) is 0.823. The first-order chi connectivity index (χ1) is 8.08. The highest BCUT2D eigenvalue weighted by Crippen LogP contribution is 2.21. The van der Waals surface area contributed by atoms with Gasteiger partial charge in [-0.1, -0.05) is 6.92 Å². The normalized spacial score (nSPS) is 12.2. The lowest BCUT2D eigenvalue weighted by atomic mass is 10.1. The van der Waals surface area contributed by atoms with Crippen LogP contribution in [0.4, 0.5) is 4.39 Å². The van der Waals surface area contributed by atoms with Gasteiger partial charge in [0.25, 0.3) is 0 Å². The average Bonchev–Trinajstić information content (AvgIpc) is 2.36. The highest BCUT2D eigenvalue weighted by Gasteiger charge is 2.11. The van der Waals surface area contributed by atoms with Gasteiger partial charge in [-0.05, 0) is 23.8 Å². The molecule has 0 radical (unpaired) electrons. The lowest BCUT2D eigenvalue weighted by molar-refractivity contribution is 0.0600. The molecule has 0 amide bonds. The Morgan fingerprint density at radius 3 is 2.88 bits per heavy atom. The van der Waals surface area contributed by atoms with Gasteiger partial charge in [0.1, 0.15) is 5.82 Å². The van der Waals surface area contributed by atoms with Crippen molar-refractivity contribution in [2.24, 2.45) is 0 Å². The van der Waals surface area contributed by atoms with Gasteiger partial charge in [0.2, 0.25) is 0 Å². The third-order valence-electron chi connectivity index (χ3n) is 2.25. The van der Waals surface area contributed by atoms with Crippen LogP contribution in [-0.2, 0) is 10.5 Å². The minimum absolute atomic E-state index is 0.0381.